The average Bonchev–Trinajstić information content (AvgIpc) is 2.58. The molecule has 0 fully saturated rings. The van der Waals surface area contributed by atoms with Crippen molar-refractivity contribution in [2.24, 2.45) is 0 Å². The second-order valence-electron chi connectivity index (χ2n) is 3.87. The van der Waals surface area contributed by atoms with Crippen molar-refractivity contribution < 1.29 is 25.8 Å². The van der Waals surface area contributed by atoms with Gasteiger partial charge in [0.2, 0.25) is 0 Å². The highest BCUT2D eigenvalue weighted by Gasteiger charge is 2.49. The number of benzene rings is 1. The average molecular weight is 301 g/mol. The lowest BCUT2D eigenvalue weighted by molar-refractivity contribution is -0.0574. The molecule has 18 heavy (non-hydrogen) atoms. The van der Waals surface area contributed by atoms with Crippen molar-refractivity contribution >= 4 is 21.7 Å². The first-order valence-electron chi connectivity index (χ1n) is 4.98. The Balaban J connectivity index is 2.26. The van der Waals surface area contributed by atoms with Crippen LogP contribution in [0.25, 0.3) is 0 Å². The van der Waals surface area contributed by atoms with E-state index in [1.165, 1.54) is 12.1 Å². The summed E-state index contributed by atoms with van der Waals surface area (Å²) >= 11 is 5.74. The van der Waals surface area contributed by atoms with Crippen molar-refractivity contribution in [2.45, 2.75) is 24.5 Å². The fourth-order valence-corrected chi connectivity index (χ4v) is 2.66. The van der Waals surface area contributed by atoms with Crippen LogP contribution in [0.1, 0.15) is 23.7 Å². The molecular weight excluding hydrogens is 293 g/mol. The van der Waals surface area contributed by atoms with E-state index in [4.69, 9.17) is 11.6 Å². The molecule has 0 aliphatic heterocycles. The van der Waals surface area contributed by atoms with Gasteiger partial charge in [0.15, 0.2) is 0 Å². The van der Waals surface area contributed by atoms with Gasteiger partial charge in [-0.3, -0.25) is 4.18 Å². The Hall–Kier alpha value is -0.790. The quantitative estimate of drug-likeness (QED) is 0.622. The molecule has 0 aromatic heterocycles. The Morgan fingerprint density at radius 3 is 2.61 bits per heavy atom. The lowest BCUT2D eigenvalue weighted by atomic mass is 10.1. The summed E-state index contributed by atoms with van der Waals surface area (Å²) in [6.45, 7) is 0. The summed E-state index contributed by atoms with van der Waals surface area (Å²) in [6.07, 6.45) is -0.470. The molecule has 2 rings (SSSR count). The Morgan fingerprint density at radius 1 is 1.33 bits per heavy atom. The van der Waals surface area contributed by atoms with Crippen LogP contribution >= 0.6 is 11.6 Å². The molecule has 0 saturated carbocycles. The summed E-state index contributed by atoms with van der Waals surface area (Å²) < 4.78 is 62.6. The summed E-state index contributed by atoms with van der Waals surface area (Å²) in [5.74, 6) is 0. The van der Waals surface area contributed by atoms with E-state index in [2.05, 4.69) is 4.18 Å². The fraction of sp³-hybridized carbons (Fsp3) is 0.400. The van der Waals surface area contributed by atoms with Gasteiger partial charge in [0.1, 0.15) is 6.10 Å². The van der Waals surface area contributed by atoms with Crippen LogP contribution in [0.5, 0.6) is 0 Å². The smallest absolute Gasteiger partial charge is 0.255 e. The van der Waals surface area contributed by atoms with Gasteiger partial charge < -0.3 is 0 Å². The minimum absolute atomic E-state index is 0.186. The van der Waals surface area contributed by atoms with E-state index in [0.29, 0.717) is 22.6 Å². The maximum absolute atomic E-state index is 12.2. The van der Waals surface area contributed by atoms with E-state index in [9.17, 15) is 21.6 Å². The van der Waals surface area contributed by atoms with Crippen LogP contribution in [-0.4, -0.2) is 13.9 Å². The van der Waals surface area contributed by atoms with E-state index in [1.807, 2.05) is 0 Å². The van der Waals surface area contributed by atoms with Gasteiger partial charge in [0, 0.05) is 5.02 Å². The summed E-state index contributed by atoms with van der Waals surface area (Å²) in [4.78, 5) is 0. The number of hydrogen-bond acceptors (Lipinski definition) is 3. The Morgan fingerprint density at radius 2 is 2.00 bits per heavy atom. The third-order valence-electron chi connectivity index (χ3n) is 2.65. The normalized spacial score (nSPS) is 19.9. The van der Waals surface area contributed by atoms with Gasteiger partial charge in [-0.1, -0.05) is 17.7 Å². The van der Waals surface area contributed by atoms with Crippen molar-refractivity contribution in [3.05, 3.63) is 34.3 Å². The van der Waals surface area contributed by atoms with E-state index in [-0.39, 0.29) is 6.42 Å². The predicted octanol–water partition coefficient (Wildman–Crippen LogP) is 3.19. The molecule has 1 unspecified atom stereocenters. The van der Waals surface area contributed by atoms with Gasteiger partial charge in [0.25, 0.3) is 0 Å². The van der Waals surface area contributed by atoms with E-state index in [1.54, 1.807) is 6.07 Å². The van der Waals surface area contributed by atoms with Gasteiger partial charge in [-0.05, 0) is 36.1 Å². The minimum atomic E-state index is -5.57. The van der Waals surface area contributed by atoms with Gasteiger partial charge in [-0.15, -0.1) is 0 Å². The van der Waals surface area contributed by atoms with Crippen molar-refractivity contribution in [3.8, 4) is 0 Å². The highest BCUT2D eigenvalue weighted by Crippen LogP contribution is 2.39. The Kier molecular flexibility index (Phi) is 3.33. The molecule has 0 saturated heterocycles. The molecule has 1 aliphatic rings. The maximum atomic E-state index is 12.2. The molecule has 0 bridgehead atoms. The number of aryl methyl sites for hydroxylation is 1. The predicted molar refractivity (Wildman–Crippen MR) is 58.6 cm³/mol. The third kappa shape index (κ3) is 2.48. The van der Waals surface area contributed by atoms with Crippen LogP contribution in [0.15, 0.2) is 18.2 Å². The van der Waals surface area contributed by atoms with Gasteiger partial charge in [-0.2, -0.15) is 21.6 Å². The van der Waals surface area contributed by atoms with Gasteiger partial charge in [0.05, 0.1) is 0 Å². The topological polar surface area (TPSA) is 43.4 Å². The van der Waals surface area contributed by atoms with Gasteiger partial charge in [-0.25, -0.2) is 0 Å². The lowest BCUT2D eigenvalue weighted by Gasteiger charge is -2.14. The minimum Gasteiger partial charge on any atom is -0.255 e. The molecule has 8 heteroatoms. The van der Waals surface area contributed by atoms with E-state index in [0.717, 1.165) is 0 Å². The maximum Gasteiger partial charge on any atom is 0.523 e. The summed E-state index contributed by atoms with van der Waals surface area (Å²) in [7, 11) is -5.57. The second kappa shape index (κ2) is 4.40. The third-order valence-corrected chi connectivity index (χ3v) is 3.94. The van der Waals surface area contributed by atoms with Crippen LogP contribution in [0.4, 0.5) is 13.2 Å². The molecule has 0 N–H and O–H groups in total. The standard InChI is InChI=1S/C10H8ClF3O3S/c11-7-2-3-8-6(5-7)1-4-9(8)17-18(15,16)10(12,13)14/h2-3,5,9H,1,4H2. The molecule has 1 aromatic rings. The highest BCUT2D eigenvalue weighted by molar-refractivity contribution is 7.87. The van der Waals surface area contributed by atoms with Crippen LogP contribution in [-0.2, 0) is 20.7 Å². The zero-order valence-corrected chi connectivity index (χ0v) is 10.4. The van der Waals surface area contributed by atoms with Crippen molar-refractivity contribution in [1.29, 1.82) is 0 Å². The first-order valence-corrected chi connectivity index (χ1v) is 6.77. The lowest BCUT2D eigenvalue weighted by Crippen LogP contribution is -2.26. The first kappa shape index (κ1) is 13.6. The van der Waals surface area contributed by atoms with Crippen LogP contribution in [0.3, 0.4) is 0 Å². The van der Waals surface area contributed by atoms with Crippen LogP contribution in [0.2, 0.25) is 5.02 Å². The highest BCUT2D eigenvalue weighted by atomic mass is 35.5. The van der Waals surface area contributed by atoms with Gasteiger partial charge >= 0.3 is 15.6 Å². The monoisotopic (exact) mass is 300 g/mol. The van der Waals surface area contributed by atoms with Crippen molar-refractivity contribution in [1.82, 2.24) is 0 Å². The molecule has 1 aromatic carbocycles. The fourth-order valence-electron chi connectivity index (χ4n) is 1.85. The summed E-state index contributed by atoms with van der Waals surface area (Å²) in [5.41, 5.74) is -4.25. The number of fused-ring (bicyclic) bond motifs is 1. The number of rotatable bonds is 2. The molecule has 0 amide bonds. The SMILES string of the molecule is O=S(=O)(OC1CCc2cc(Cl)ccc21)C(F)(F)F. The zero-order valence-electron chi connectivity index (χ0n) is 8.87. The number of hydrogen-bond donors (Lipinski definition) is 0. The second-order valence-corrected chi connectivity index (χ2v) is 5.87. The van der Waals surface area contributed by atoms with Crippen molar-refractivity contribution in [3.63, 3.8) is 0 Å². The largest absolute Gasteiger partial charge is 0.523 e. The summed E-state index contributed by atoms with van der Waals surface area (Å²) in [5, 5.41) is 0.452. The molecule has 0 heterocycles. The molecule has 3 nitrogen and oxygen atoms in total. The van der Waals surface area contributed by atoms with Crippen molar-refractivity contribution in [2.75, 3.05) is 0 Å². The molecule has 1 atom stereocenters. The molecule has 1 aliphatic carbocycles. The Labute approximate surface area is 107 Å². The molecule has 100 valence electrons. The van der Waals surface area contributed by atoms with Crippen LogP contribution < -0.4 is 0 Å². The van der Waals surface area contributed by atoms with Crippen LogP contribution in [0, 0.1) is 0 Å². The number of halogens is 4. The summed E-state index contributed by atoms with van der Waals surface area (Å²) in [6, 6.07) is 4.57. The molecular formula is C10H8ClF3O3S. The Bertz CT molecular complexity index is 568. The number of alkyl halides is 3. The first-order chi connectivity index (χ1) is 8.21. The molecule has 0 spiro atoms. The van der Waals surface area contributed by atoms with E-state index >= 15 is 0 Å². The zero-order chi connectivity index (χ0) is 13.6. The van der Waals surface area contributed by atoms with E-state index < -0.39 is 21.7 Å². The molecule has 0 radical (unpaired) electrons.